The minimum Gasteiger partial charge on any atom is -0.273 e. The van der Waals surface area contributed by atoms with Gasteiger partial charge in [-0.05, 0) is 23.8 Å². The van der Waals surface area contributed by atoms with Gasteiger partial charge in [-0.2, -0.15) is 0 Å². The minimum atomic E-state index is -3.25. The molecule has 0 fully saturated rings. The van der Waals surface area contributed by atoms with E-state index in [1.54, 1.807) is 7.05 Å². The molecule has 4 rings (SSSR count). The van der Waals surface area contributed by atoms with Gasteiger partial charge in [0, 0.05) is 18.2 Å². The quantitative estimate of drug-likeness (QED) is 0.658. The molecule has 4 nitrogen and oxygen atoms in total. The number of fused-ring (bicyclic) bond motifs is 1. The number of hydrogen-bond donors (Lipinski definition) is 0. The molecule has 0 amide bonds. The highest BCUT2D eigenvalue weighted by atomic mass is 32.2. The summed E-state index contributed by atoms with van der Waals surface area (Å²) in [5, 5.41) is 0. The van der Waals surface area contributed by atoms with E-state index in [-0.39, 0.29) is 5.75 Å². The fraction of sp³-hybridized carbons (Fsp3) is 0.0952. The van der Waals surface area contributed by atoms with E-state index in [0.717, 1.165) is 33.8 Å². The number of benzene rings is 3. The number of nitrogens with zero attached hydrogens (tertiary/aromatic N) is 2. The molecular weight excluding hydrogens is 344 g/mol. The molecule has 0 unspecified atom stereocenters. The topological polar surface area (TPSA) is 49.7 Å². The summed E-state index contributed by atoms with van der Waals surface area (Å²) >= 11 is 0. The van der Waals surface area contributed by atoms with E-state index in [1.165, 1.54) is 4.31 Å². The van der Waals surface area contributed by atoms with Crippen molar-refractivity contribution in [2.45, 2.75) is 5.75 Å². The summed E-state index contributed by atoms with van der Waals surface area (Å²) < 4.78 is 25.5. The molecule has 0 saturated carbocycles. The Bertz CT molecular complexity index is 1030. The minimum absolute atomic E-state index is 0.0220. The zero-order chi connectivity index (χ0) is 18.1. The maximum atomic E-state index is 12.1. The molecule has 0 radical (unpaired) electrons. The summed E-state index contributed by atoms with van der Waals surface area (Å²) in [6.07, 6.45) is 0. The Hall–Kier alpha value is -2.92. The first-order valence-corrected chi connectivity index (χ1v) is 9.94. The van der Waals surface area contributed by atoms with E-state index in [2.05, 4.69) is 0 Å². The molecular formula is C21H18N2O2S. The van der Waals surface area contributed by atoms with Gasteiger partial charge in [-0.25, -0.2) is 13.4 Å². The van der Waals surface area contributed by atoms with E-state index in [0.29, 0.717) is 0 Å². The van der Waals surface area contributed by atoms with Crippen molar-refractivity contribution < 1.29 is 8.42 Å². The average molecular weight is 362 g/mol. The third kappa shape index (κ3) is 3.02. The molecule has 130 valence electrons. The van der Waals surface area contributed by atoms with Crippen LogP contribution in [-0.2, 0) is 15.8 Å². The highest BCUT2D eigenvalue weighted by molar-refractivity contribution is 7.92. The van der Waals surface area contributed by atoms with Gasteiger partial charge in [-0.15, -0.1) is 0 Å². The van der Waals surface area contributed by atoms with Gasteiger partial charge in [-0.3, -0.25) is 4.31 Å². The summed E-state index contributed by atoms with van der Waals surface area (Å²) in [4.78, 5) is 4.85. The van der Waals surface area contributed by atoms with Crippen LogP contribution in [0.2, 0.25) is 0 Å². The summed E-state index contributed by atoms with van der Waals surface area (Å²) in [5.41, 5.74) is 5.16. The largest absolute Gasteiger partial charge is 0.273 e. The van der Waals surface area contributed by atoms with Gasteiger partial charge in [0.05, 0.1) is 22.8 Å². The molecule has 5 heteroatoms. The number of sulfonamides is 1. The average Bonchev–Trinajstić information content (AvgIpc) is 2.89. The predicted molar refractivity (Wildman–Crippen MR) is 106 cm³/mol. The second kappa shape index (κ2) is 6.42. The maximum absolute atomic E-state index is 12.1. The fourth-order valence-corrected chi connectivity index (χ4v) is 4.42. The van der Waals surface area contributed by atoms with Crippen LogP contribution in [0.25, 0.3) is 0 Å². The van der Waals surface area contributed by atoms with Crippen molar-refractivity contribution in [2.75, 3.05) is 11.4 Å². The molecule has 0 N–H and O–H groups in total. The fourth-order valence-electron chi connectivity index (χ4n) is 3.12. The first-order chi connectivity index (χ1) is 12.5. The summed E-state index contributed by atoms with van der Waals surface area (Å²) in [6, 6.07) is 25.5. The molecule has 1 aliphatic heterocycles. The first-order valence-electron chi connectivity index (χ1n) is 8.34. The number of anilines is 1. The van der Waals surface area contributed by atoms with Gasteiger partial charge in [0.2, 0.25) is 10.0 Å². The Balaban J connectivity index is 1.82. The standard InChI is InChI=1S/C21H18N2O2S/c1-23-20-13-12-19(14-18(20)15-26(23,24)25)22-21(16-8-4-2-5-9-16)17-10-6-3-7-11-17/h2-14H,15H2,1H3. The second-order valence-electron chi connectivity index (χ2n) is 6.23. The van der Waals surface area contributed by atoms with Gasteiger partial charge in [0.25, 0.3) is 0 Å². The molecule has 0 aliphatic carbocycles. The molecule has 1 aliphatic rings. The molecule has 0 aromatic heterocycles. The van der Waals surface area contributed by atoms with E-state index in [9.17, 15) is 8.42 Å². The van der Waals surface area contributed by atoms with Crippen molar-refractivity contribution >= 4 is 27.1 Å². The van der Waals surface area contributed by atoms with Crippen molar-refractivity contribution in [3.05, 3.63) is 95.6 Å². The monoisotopic (exact) mass is 362 g/mol. The summed E-state index contributed by atoms with van der Waals surface area (Å²) in [6.45, 7) is 0. The van der Waals surface area contributed by atoms with E-state index in [4.69, 9.17) is 4.99 Å². The first kappa shape index (κ1) is 16.5. The molecule has 1 heterocycles. The van der Waals surface area contributed by atoms with Gasteiger partial charge < -0.3 is 0 Å². The Kier molecular flexibility index (Phi) is 4.09. The third-order valence-electron chi connectivity index (χ3n) is 4.49. The van der Waals surface area contributed by atoms with E-state index in [1.807, 2.05) is 78.9 Å². The van der Waals surface area contributed by atoms with Crippen molar-refractivity contribution in [1.29, 1.82) is 0 Å². The highest BCUT2D eigenvalue weighted by Crippen LogP contribution is 2.35. The lowest BCUT2D eigenvalue weighted by Gasteiger charge is -2.11. The summed E-state index contributed by atoms with van der Waals surface area (Å²) in [5.74, 6) is 0.0220. The van der Waals surface area contributed by atoms with Crippen LogP contribution in [0.4, 0.5) is 11.4 Å². The van der Waals surface area contributed by atoms with Crippen LogP contribution < -0.4 is 4.31 Å². The molecule has 3 aromatic carbocycles. The Morgan fingerprint density at radius 1 is 0.885 bits per heavy atom. The lowest BCUT2D eigenvalue weighted by Crippen LogP contribution is -2.20. The third-order valence-corrected chi connectivity index (χ3v) is 6.20. The van der Waals surface area contributed by atoms with Crippen LogP contribution in [0.15, 0.2) is 83.9 Å². The lowest BCUT2D eigenvalue weighted by molar-refractivity contribution is 0.596. The molecule has 0 atom stereocenters. The number of rotatable bonds is 3. The van der Waals surface area contributed by atoms with Crippen LogP contribution in [0.3, 0.4) is 0 Å². The zero-order valence-electron chi connectivity index (χ0n) is 14.3. The van der Waals surface area contributed by atoms with Crippen molar-refractivity contribution in [3.63, 3.8) is 0 Å². The molecule has 0 bridgehead atoms. The summed E-state index contributed by atoms with van der Waals surface area (Å²) in [7, 11) is -1.66. The molecule has 26 heavy (non-hydrogen) atoms. The molecule has 0 saturated heterocycles. The molecule has 3 aromatic rings. The maximum Gasteiger partial charge on any atom is 0.239 e. The normalized spacial score (nSPS) is 14.7. The lowest BCUT2D eigenvalue weighted by atomic mass is 10.0. The number of aliphatic imine (C=N–C) groups is 1. The van der Waals surface area contributed by atoms with Crippen LogP contribution in [0.1, 0.15) is 16.7 Å². The van der Waals surface area contributed by atoms with Gasteiger partial charge in [0.15, 0.2) is 0 Å². The van der Waals surface area contributed by atoms with Crippen LogP contribution in [0.5, 0.6) is 0 Å². The van der Waals surface area contributed by atoms with Crippen LogP contribution in [0, 0.1) is 0 Å². The van der Waals surface area contributed by atoms with Crippen molar-refractivity contribution in [1.82, 2.24) is 0 Å². The molecule has 0 spiro atoms. The Morgan fingerprint density at radius 2 is 1.46 bits per heavy atom. The van der Waals surface area contributed by atoms with Crippen molar-refractivity contribution in [2.24, 2.45) is 4.99 Å². The smallest absolute Gasteiger partial charge is 0.239 e. The van der Waals surface area contributed by atoms with Gasteiger partial charge >= 0.3 is 0 Å². The second-order valence-corrected chi connectivity index (χ2v) is 8.23. The van der Waals surface area contributed by atoms with Crippen molar-refractivity contribution in [3.8, 4) is 0 Å². The van der Waals surface area contributed by atoms with Crippen LogP contribution in [-0.4, -0.2) is 21.2 Å². The van der Waals surface area contributed by atoms with E-state index < -0.39 is 10.0 Å². The number of hydrogen-bond acceptors (Lipinski definition) is 3. The predicted octanol–water partition coefficient (Wildman–Crippen LogP) is 4.14. The Morgan fingerprint density at radius 3 is 2.04 bits per heavy atom. The Labute approximate surface area is 153 Å². The SMILES string of the molecule is CN1c2ccc(N=C(c3ccccc3)c3ccccc3)cc2CS1(=O)=O. The van der Waals surface area contributed by atoms with Gasteiger partial charge in [-0.1, -0.05) is 60.7 Å². The zero-order valence-corrected chi connectivity index (χ0v) is 15.1. The van der Waals surface area contributed by atoms with E-state index >= 15 is 0 Å². The highest BCUT2D eigenvalue weighted by Gasteiger charge is 2.30. The van der Waals surface area contributed by atoms with Gasteiger partial charge in [0.1, 0.15) is 0 Å². The van der Waals surface area contributed by atoms with Crippen LogP contribution >= 0.6 is 0 Å².